The van der Waals surface area contributed by atoms with Crippen molar-refractivity contribution >= 4 is 21.9 Å². The number of rotatable bonds is 3. The Balaban J connectivity index is 3.34. The molecule has 0 aliphatic rings. The Bertz CT molecular complexity index is 412. The molecular weight excluding hydrogens is 288 g/mol. The van der Waals surface area contributed by atoms with Crippen molar-refractivity contribution in [1.29, 1.82) is 0 Å². The third kappa shape index (κ3) is 2.46. The molecule has 1 heterocycles. The first kappa shape index (κ1) is 12.8. The first-order valence-corrected chi connectivity index (χ1v) is 4.91. The monoisotopic (exact) mass is 295 g/mol. The average Bonchev–Trinajstić information content (AvgIpc) is 2.26. The maximum Gasteiger partial charge on any atom is 0.344 e. The van der Waals surface area contributed by atoms with E-state index in [4.69, 9.17) is 4.74 Å². The summed E-state index contributed by atoms with van der Waals surface area (Å²) in [5.74, 6) is -0.909. The number of halogens is 3. The molecule has 0 aromatic carbocycles. The number of pyridine rings is 1. The summed E-state index contributed by atoms with van der Waals surface area (Å²) in [6.07, 6.45) is -2.74. The molecule has 1 rings (SSSR count). The second-order valence-electron chi connectivity index (χ2n) is 2.71. The molecule has 0 spiro atoms. The van der Waals surface area contributed by atoms with Crippen molar-refractivity contribution in [3.8, 4) is 5.88 Å². The fourth-order valence-electron chi connectivity index (χ4n) is 1.06. The molecule has 0 atom stereocenters. The highest BCUT2D eigenvalue weighted by molar-refractivity contribution is 9.10. The molecule has 0 N–H and O–H groups in total. The Morgan fingerprint density at radius 1 is 1.50 bits per heavy atom. The fourth-order valence-corrected chi connectivity index (χ4v) is 1.62. The lowest BCUT2D eigenvalue weighted by Gasteiger charge is -2.09. The number of aromatic nitrogens is 1. The molecule has 1 aromatic rings. The molecule has 0 bridgehead atoms. The number of ether oxygens (including phenoxy) is 2. The van der Waals surface area contributed by atoms with Gasteiger partial charge in [-0.05, 0) is 22.0 Å². The Hall–Kier alpha value is -1.24. The van der Waals surface area contributed by atoms with Crippen LogP contribution in [-0.4, -0.2) is 25.2 Å². The Labute approximate surface area is 98.7 Å². The second-order valence-corrected chi connectivity index (χ2v) is 3.56. The van der Waals surface area contributed by atoms with Gasteiger partial charge in [0.1, 0.15) is 11.3 Å². The van der Waals surface area contributed by atoms with Crippen LogP contribution < -0.4 is 4.74 Å². The number of carbonyl (C=O) groups is 1. The van der Waals surface area contributed by atoms with Gasteiger partial charge >= 0.3 is 5.97 Å². The van der Waals surface area contributed by atoms with Gasteiger partial charge in [0.15, 0.2) is 0 Å². The van der Waals surface area contributed by atoms with E-state index in [0.717, 1.165) is 6.07 Å². The normalized spacial score (nSPS) is 10.4. The molecule has 16 heavy (non-hydrogen) atoms. The standard InChI is InChI=1S/C9H8BrF2NO3/c1-15-8-6(9(14)16-2)4(10)3-5(13-8)7(11)12/h3,7H,1-2H3. The molecule has 88 valence electrons. The van der Waals surface area contributed by atoms with Crippen LogP contribution in [0.25, 0.3) is 0 Å². The molecule has 0 aliphatic carbocycles. The quantitative estimate of drug-likeness (QED) is 0.804. The van der Waals surface area contributed by atoms with Crippen molar-refractivity contribution in [3.05, 3.63) is 21.8 Å². The molecule has 0 saturated carbocycles. The van der Waals surface area contributed by atoms with E-state index in [9.17, 15) is 13.6 Å². The van der Waals surface area contributed by atoms with Gasteiger partial charge in [0.25, 0.3) is 6.43 Å². The van der Waals surface area contributed by atoms with Crippen molar-refractivity contribution in [2.24, 2.45) is 0 Å². The average molecular weight is 296 g/mol. The summed E-state index contributed by atoms with van der Waals surface area (Å²) in [5.41, 5.74) is -0.495. The van der Waals surface area contributed by atoms with Crippen LogP contribution in [-0.2, 0) is 4.74 Å². The summed E-state index contributed by atoms with van der Waals surface area (Å²) in [6, 6.07) is 1.06. The van der Waals surface area contributed by atoms with E-state index in [1.54, 1.807) is 0 Å². The zero-order chi connectivity index (χ0) is 12.3. The Kier molecular flexibility index (Phi) is 4.17. The Morgan fingerprint density at radius 2 is 2.12 bits per heavy atom. The van der Waals surface area contributed by atoms with Crippen molar-refractivity contribution in [1.82, 2.24) is 4.98 Å². The third-order valence-electron chi connectivity index (χ3n) is 1.76. The van der Waals surface area contributed by atoms with Crippen molar-refractivity contribution in [3.63, 3.8) is 0 Å². The highest BCUT2D eigenvalue weighted by Gasteiger charge is 2.22. The zero-order valence-corrected chi connectivity index (χ0v) is 10.0. The van der Waals surface area contributed by atoms with Crippen molar-refractivity contribution < 1.29 is 23.0 Å². The lowest BCUT2D eigenvalue weighted by atomic mass is 10.2. The van der Waals surface area contributed by atoms with E-state index in [2.05, 4.69) is 25.7 Å². The minimum absolute atomic E-state index is 0.0191. The van der Waals surface area contributed by atoms with E-state index >= 15 is 0 Å². The predicted octanol–water partition coefficient (Wildman–Crippen LogP) is 2.58. The van der Waals surface area contributed by atoms with Gasteiger partial charge < -0.3 is 9.47 Å². The minimum Gasteiger partial charge on any atom is -0.480 e. The van der Waals surface area contributed by atoms with Crippen LogP contribution >= 0.6 is 15.9 Å². The first-order chi connectivity index (χ1) is 7.51. The summed E-state index contributed by atoms with van der Waals surface area (Å²) in [7, 11) is 2.41. The molecule has 0 amide bonds. The van der Waals surface area contributed by atoms with Crippen LogP contribution in [0.5, 0.6) is 5.88 Å². The number of nitrogens with zero attached hydrogens (tertiary/aromatic N) is 1. The molecule has 0 saturated heterocycles. The summed E-state index contributed by atoms with van der Waals surface area (Å²) < 4.78 is 34.2. The van der Waals surface area contributed by atoms with Gasteiger partial charge in [-0.2, -0.15) is 0 Å². The van der Waals surface area contributed by atoms with Gasteiger partial charge in [0.05, 0.1) is 14.2 Å². The highest BCUT2D eigenvalue weighted by Crippen LogP contribution is 2.30. The largest absolute Gasteiger partial charge is 0.480 e. The summed E-state index contributed by atoms with van der Waals surface area (Å²) >= 11 is 2.99. The number of hydrogen-bond acceptors (Lipinski definition) is 4. The minimum atomic E-state index is -2.74. The molecule has 0 unspecified atom stereocenters. The third-order valence-corrected chi connectivity index (χ3v) is 2.39. The smallest absolute Gasteiger partial charge is 0.344 e. The van der Waals surface area contributed by atoms with Crippen molar-refractivity contribution in [2.75, 3.05) is 14.2 Å². The molecule has 0 radical (unpaired) electrons. The second kappa shape index (κ2) is 5.20. The van der Waals surface area contributed by atoms with E-state index < -0.39 is 18.1 Å². The van der Waals surface area contributed by atoms with Gasteiger partial charge in [0, 0.05) is 4.47 Å². The lowest BCUT2D eigenvalue weighted by molar-refractivity contribution is 0.0594. The van der Waals surface area contributed by atoms with Gasteiger partial charge in [-0.1, -0.05) is 0 Å². The number of methoxy groups -OCH3 is 2. The number of hydrogen-bond donors (Lipinski definition) is 0. The van der Waals surface area contributed by atoms with E-state index in [1.165, 1.54) is 14.2 Å². The van der Waals surface area contributed by atoms with E-state index in [-0.39, 0.29) is 15.9 Å². The van der Waals surface area contributed by atoms with E-state index in [0.29, 0.717) is 0 Å². The zero-order valence-electron chi connectivity index (χ0n) is 8.46. The van der Waals surface area contributed by atoms with Gasteiger partial charge in [-0.15, -0.1) is 0 Å². The molecular formula is C9H8BrF2NO3. The van der Waals surface area contributed by atoms with Gasteiger partial charge in [-0.3, -0.25) is 0 Å². The maximum absolute atomic E-state index is 12.4. The summed E-state index contributed by atoms with van der Waals surface area (Å²) in [6.45, 7) is 0. The topological polar surface area (TPSA) is 48.4 Å². The molecule has 0 fully saturated rings. The van der Waals surface area contributed by atoms with Crippen LogP contribution in [0.1, 0.15) is 22.5 Å². The first-order valence-electron chi connectivity index (χ1n) is 4.12. The summed E-state index contributed by atoms with van der Waals surface area (Å²) in [4.78, 5) is 14.9. The SMILES string of the molecule is COC(=O)c1c(Br)cc(C(F)F)nc1OC. The highest BCUT2D eigenvalue weighted by atomic mass is 79.9. The van der Waals surface area contributed by atoms with Crippen LogP contribution in [0.2, 0.25) is 0 Å². The van der Waals surface area contributed by atoms with E-state index in [1.807, 2.05) is 0 Å². The Morgan fingerprint density at radius 3 is 2.56 bits per heavy atom. The van der Waals surface area contributed by atoms with Crippen LogP contribution in [0.15, 0.2) is 10.5 Å². The molecule has 4 nitrogen and oxygen atoms in total. The number of carbonyl (C=O) groups excluding carboxylic acids is 1. The van der Waals surface area contributed by atoms with Crippen LogP contribution in [0.4, 0.5) is 8.78 Å². The lowest BCUT2D eigenvalue weighted by Crippen LogP contribution is -2.08. The molecule has 1 aromatic heterocycles. The fraction of sp³-hybridized carbons (Fsp3) is 0.333. The number of alkyl halides is 2. The van der Waals surface area contributed by atoms with Crippen LogP contribution in [0.3, 0.4) is 0 Å². The van der Waals surface area contributed by atoms with Crippen LogP contribution in [0, 0.1) is 0 Å². The number of esters is 1. The maximum atomic E-state index is 12.4. The molecule has 7 heteroatoms. The van der Waals surface area contributed by atoms with Gasteiger partial charge in [0.2, 0.25) is 5.88 Å². The van der Waals surface area contributed by atoms with Gasteiger partial charge in [-0.25, -0.2) is 18.6 Å². The molecule has 0 aliphatic heterocycles. The predicted molar refractivity (Wildman–Crippen MR) is 54.8 cm³/mol. The van der Waals surface area contributed by atoms with Crippen molar-refractivity contribution in [2.45, 2.75) is 6.43 Å². The summed E-state index contributed by atoms with van der Waals surface area (Å²) in [5, 5.41) is 0.